The standard InChI is InChI=1S/C26H32N4O5/c1-18(29-25(34)26(35)13-7-3-8-14-26)23(32)30-21(16-19-10-4-2-5-11-19)22(31)24(33)28-17-20-12-6-9-15-27-20/h2,4-6,9-12,15,18,21,35H,3,7-8,13-14,16-17H2,1H3,(H,28,33)(H,29,34)(H,30,32)/t18-,21-/m1/s1. The fraction of sp³-hybridized carbons (Fsp3) is 0.423. The van der Waals surface area contributed by atoms with Crippen LogP contribution in [-0.2, 0) is 32.1 Å². The Morgan fingerprint density at radius 2 is 1.66 bits per heavy atom. The maximum atomic E-state index is 13.0. The van der Waals surface area contributed by atoms with Gasteiger partial charge in [0.2, 0.25) is 11.7 Å². The SMILES string of the molecule is C[C@@H](NC(=O)C1(O)CCCCC1)C(=O)N[C@H](Cc1ccccc1)C(=O)C(=O)NCc1ccccn1. The van der Waals surface area contributed by atoms with Gasteiger partial charge in [0.25, 0.3) is 11.8 Å². The molecule has 1 saturated carbocycles. The van der Waals surface area contributed by atoms with Crippen molar-refractivity contribution >= 4 is 23.5 Å². The second kappa shape index (κ2) is 12.2. The number of pyridine rings is 1. The Balaban J connectivity index is 1.65. The highest BCUT2D eigenvalue weighted by Gasteiger charge is 2.38. The number of carbonyl (C=O) groups excluding carboxylic acids is 4. The highest BCUT2D eigenvalue weighted by Crippen LogP contribution is 2.28. The molecule has 9 heteroatoms. The molecule has 0 aliphatic heterocycles. The molecular formula is C26H32N4O5. The number of ketones is 1. The Morgan fingerprint density at radius 3 is 2.31 bits per heavy atom. The Morgan fingerprint density at radius 1 is 0.971 bits per heavy atom. The Kier molecular flexibility index (Phi) is 9.08. The number of rotatable bonds is 10. The number of hydrogen-bond donors (Lipinski definition) is 4. The third kappa shape index (κ3) is 7.45. The lowest BCUT2D eigenvalue weighted by Crippen LogP contribution is -2.57. The largest absolute Gasteiger partial charge is 0.380 e. The van der Waals surface area contributed by atoms with Crippen molar-refractivity contribution in [1.29, 1.82) is 0 Å². The molecule has 1 aliphatic rings. The molecule has 2 aromatic rings. The predicted octanol–water partition coefficient (Wildman–Crippen LogP) is 1.19. The van der Waals surface area contributed by atoms with Gasteiger partial charge in [-0.15, -0.1) is 0 Å². The lowest BCUT2D eigenvalue weighted by Gasteiger charge is -2.31. The van der Waals surface area contributed by atoms with Crippen molar-refractivity contribution in [1.82, 2.24) is 20.9 Å². The van der Waals surface area contributed by atoms with Crippen LogP contribution in [0, 0.1) is 0 Å². The molecule has 1 fully saturated rings. The van der Waals surface area contributed by atoms with Gasteiger partial charge >= 0.3 is 0 Å². The third-order valence-corrected chi connectivity index (χ3v) is 6.14. The van der Waals surface area contributed by atoms with Crippen molar-refractivity contribution in [2.45, 2.75) is 69.7 Å². The van der Waals surface area contributed by atoms with Gasteiger partial charge in [0, 0.05) is 12.6 Å². The van der Waals surface area contributed by atoms with Crippen molar-refractivity contribution in [2.75, 3.05) is 0 Å². The summed E-state index contributed by atoms with van der Waals surface area (Å²) in [6, 6.07) is 12.1. The molecule has 4 N–H and O–H groups in total. The zero-order chi connectivity index (χ0) is 25.3. The number of amides is 3. The summed E-state index contributed by atoms with van der Waals surface area (Å²) in [5, 5.41) is 18.3. The van der Waals surface area contributed by atoms with Crippen LogP contribution in [0.5, 0.6) is 0 Å². The molecule has 186 valence electrons. The van der Waals surface area contributed by atoms with Gasteiger partial charge in [0.15, 0.2) is 0 Å². The van der Waals surface area contributed by atoms with E-state index in [1.165, 1.54) is 6.92 Å². The zero-order valence-corrected chi connectivity index (χ0v) is 19.8. The molecule has 1 heterocycles. The Bertz CT molecular complexity index is 1020. The smallest absolute Gasteiger partial charge is 0.289 e. The summed E-state index contributed by atoms with van der Waals surface area (Å²) < 4.78 is 0. The number of carbonyl (C=O) groups is 4. The zero-order valence-electron chi connectivity index (χ0n) is 19.8. The van der Waals surface area contributed by atoms with E-state index in [1.54, 1.807) is 48.7 Å². The van der Waals surface area contributed by atoms with Crippen LogP contribution in [0.2, 0.25) is 0 Å². The molecule has 0 bridgehead atoms. The van der Waals surface area contributed by atoms with Crippen LogP contribution < -0.4 is 16.0 Å². The summed E-state index contributed by atoms with van der Waals surface area (Å²) in [5.41, 5.74) is -0.136. The second-order valence-electron chi connectivity index (χ2n) is 8.91. The average Bonchev–Trinajstić information content (AvgIpc) is 2.88. The first-order chi connectivity index (χ1) is 16.8. The van der Waals surface area contributed by atoms with Crippen LogP contribution in [0.25, 0.3) is 0 Å². The maximum absolute atomic E-state index is 13.0. The number of nitrogens with one attached hydrogen (secondary N) is 3. The molecular weight excluding hydrogens is 448 g/mol. The minimum atomic E-state index is -1.49. The molecule has 0 saturated heterocycles. The quantitative estimate of drug-likeness (QED) is 0.377. The molecule has 1 aromatic carbocycles. The van der Waals surface area contributed by atoms with Crippen molar-refractivity contribution in [3.8, 4) is 0 Å². The van der Waals surface area contributed by atoms with E-state index in [9.17, 15) is 24.3 Å². The monoisotopic (exact) mass is 480 g/mol. The molecule has 0 radical (unpaired) electrons. The summed E-state index contributed by atoms with van der Waals surface area (Å²) in [6.45, 7) is 1.55. The fourth-order valence-electron chi connectivity index (χ4n) is 4.03. The van der Waals surface area contributed by atoms with Gasteiger partial charge in [-0.25, -0.2) is 0 Å². The number of benzene rings is 1. The first-order valence-electron chi connectivity index (χ1n) is 11.9. The summed E-state index contributed by atoms with van der Waals surface area (Å²) >= 11 is 0. The van der Waals surface area contributed by atoms with Crippen molar-refractivity contribution in [3.63, 3.8) is 0 Å². The topological polar surface area (TPSA) is 137 Å². The van der Waals surface area contributed by atoms with Gasteiger partial charge in [-0.2, -0.15) is 0 Å². The van der Waals surface area contributed by atoms with Crippen LogP contribution in [-0.4, -0.2) is 51.3 Å². The summed E-state index contributed by atoms with van der Waals surface area (Å²) in [4.78, 5) is 55.1. The maximum Gasteiger partial charge on any atom is 0.289 e. The Hall–Kier alpha value is -3.59. The number of nitrogens with zero attached hydrogens (tertiary/aromatic N) is 1. The first kappa shape index (κ1) is 26.0. The fourth-order valence-corrected chi connectivity index (χ4v) is 4.03. The molecule has 3 rings (SSSR count). The average molecular weight is 481 g/mol. The third-order valence-electron chi connectivity index (χ3n) is 6.14. The molecule has 0 spiro atoms. The summed E-state index contributed by atoms with van der Waals surface area (Å²) in [6.07, 6.45) is 4.82. The van der Waals surface area contributed by atoms with E-state index in [2.05, 4.69) is 20.9 Å². The van der Waals surface area contributed by atoms with Gasteiger partial charge in [0.05, 0.1) is 12.2 Å². The number of Topliss-reactive ketones (excluding diaryl/α,β-unsaturated/α-hetero) is 1. The molecule has 2 atom stereocenters. The van der Waals surface area contributed by atoms with E-state index >= 15 is 0 Å². The second-order valence-corrected chi connectivity index (χ2v) is 8.91. The van der Waals surface area contributed by atoms with Crippen molar-refractivity contribution in [2.24, 2.45) is 0 Å². The first-order valence-corrected chi connectivity index (χ1v) is 11.9. The number of aromatic nitrogens is 1. The predicted molar refractivity (Wildman–Crippen MR) is 129 cm³/mol. The molecule has 1 aliphatic carbocycles. The van der Waals surface area contributed by atoms with Crippen LogP contribution in [0.1, 0.15) is 50.3 Å². The minimum absolute atomic E-state index is 0.0719. The lowest BCUT2D eigenvalue weighted by molar-refractivity contribution is -0.145. The van der Waals surface area contributed by atoms with Gasteiger partial charge in [-0.1, -0.05) is 55.7 Å². The van der Waals surface area contributed by atoms with Crippen molar-refractivity contribution < 1.29 is 24.3 Å². The molecule has 0 unspecified atom stereocenters. The highest BCUT2D eigenvalue weighted by molar-refractivity contribution is 6.38. The van der Waals surface area contributed by atoms with E-state index in [1.807, 2.05) is 6.07 Å². The number of aliphatic hydroxyl groups is 1. The van der Waals surface area contributed by atoms with Crippen LogP contribution in [0.4, 0.5) is 0 Å². The number of hydrogen-bond acceptors (Lipinski definition) is 6. The van der Waals surface area contributed by atoms with E-state index in [0.717, 1.165) is 24.8 Å². The van der Waals surface area contributed by atoms with Crippen molar-refractivity contribution in [3.05, 3.63) is 66.0 Å². The highest BCUT2D eigenvalue weighted by atomic mass is 16.3. The van der Waals surface area contributed by atoms with Gasteiger partial charge in [-0.3, -0.25) is 24.2 Å². The van der Waals surface area contributed by atoms with E-state index < -0.39 is 41.2 Å². The molecule has 3 amide bonds. The van der Waals surface area contributed by atoms with Crippen LogP contribution in [0.15, 0.2) is 54.7 Å². The lowest BCUT2D eigenvalue weighted by atomic mass is 9.84. The van der Waals surface area contributed by atoms with Gasteiger partial charge < -0.3 is 21.1 Å². The van der Waals surface area contributed by atoms with Crippen LogP contribution in [0.3, 0.4) is 0 Å². The Labute approximate surface area is 204 Å². The van der Waals surface area contributed by atoms with Gasteiger partial charge in [-0.05, 0) is 37.5 Å². The molecule has 35 heavy (non-hydrogen) atoms. The summed E-state index contributed by atoms with van der Waals surface area (Å²) in [5.74, 6) is -2.86. The van der Waals surface area contributed by atoms with Crippen LogP contribution >= 0.6 is 0 Å². The normalized spacial score (nSPS) is 16.4. The van der Waals surface area contributed by atoms with Gasteiger partial charge in [0.1, 0.15) is 17.7 Å². The van der Waals surface area contributed by atoms with E-state index in [-0.39, 0.29) is 13.0 Å². The summed E-state index contributed by atoms with van der Waals surface area (Å²) in [7, 11) is 0. The minimum Gasteiger partial charge on any atom is -0.380 e. The van der Waals surface area contributed by atoms with E-state index in [4.69, 9.17) is 0 Å². The van der Waals surface area contributed by atoms with E-state index in [0.29, 0.717) is 18.5 Å². The molecule has 1 aromatic heterocycles. The molecule has 9 nitrogen and oxygen atoms in total.